The van der Waals surface area contributed by atoms with Crippen molar-refractivity contribution in [3.05, 3.63) is 52.5 Å². The molecule has 1 aliphatic carbocycles. The van der Waals surface area contributed by atoms with Crippen molar-refractivity contribution >= 4 is 17.0 Å². The molecule has 1 fully saturated rings. The number of halogens is 2. The lowest BCUT2D eigenvalue weighted by Crippen LogP contribution is -2.28. The first-order valence-corrected chi connectivity index (χ1v) is 10.4. The van der Waals surface area contributed by atoms with Gasteiger partial charge in [-0.2, -0.15) is 4.98 Å². The number of anilines is 1. The van der Waals surface area contributed by atoms with Crippen molar-refractivity contribution < 1.29 is 18.6 Å². The average molecular weight is 430 g/mol. The lowest BCUT2D eigenvalue weighted by Gasteiger charge is -2.23. The topological polar surface area (TPSA) is 89.3 Å². The second-order valence-electron chi connectivity index (χ2n) is 7.90. The minimum atomic E-state index is -0.926. The second kappa shape index (κ2) is 8.97. The van der Waals surface area contributed by atoms with Crippen molar-refractivity contribution in [3.63, 3.8) is 0 Å². The molecule has 7 nitrogen and oxygen atoms in total. The molecule has 2 heterocycles. The third-order valence-corrected chi connectivity index (χ3v) is 5.29. The molecule has 1 aliphatic rings. The predicted molar refractivity (Wildman–Crippen MR) is 112 cm³/mol. The van der Waals surface area contributed by atoms with Crippen LogP contribution in [-0.4, -0.2) is 31.8 Å². The first kappa shape index (κ1) is 21.2. The van der Waals surface area contributed by atoms with Crippen molar-refractivity contribution in [2.45, 2.75) is 57.7 Å². The molecule has 0 saturated heterocycles. The van der Waals surface area contributed by atoms with E-state index in [2.05, 4.69) is 15.3 Å². The number of benzene rings is 1. The van der Waals surface area contributed by atoms with Gasteiger partial charge in [0.15, 0.2) is 17.3 Å². The van der Waals surface area contributed by atoms with Crippen LogP contribution in [0.2, 0.25) is 0 Å². The predicted octanol–water partition coefficient (Wildman–Crippen LogP) is 3.99. The van der Waals surface area contributed by atoms with Crippen LogP contribution in [0.15, 0.2) is 35.3 Å². The van der Waals surface area contributed by atoms with Crippen LogP contribution in [0.25, 0.3) is 11.0 Å². The van der Waals surface area contributed by atoms with Gasteiger partial charge in [0.25, 0.3) is 5.56 Å². The number of pyridine rings is 1. The van der Waals surface area contributed by atoms with E-state index in [0.29, 0.717) is 23.0 Å². The molecule has 2 aromatic heterocycles. The van der Waals surface area contributed by atoms with E-state index < -0.39 is 23.3 Å². The molecule has 3 aromatic rings. The molecule has 4 rings (SSSR count). The molecule has 1 saturated carbocycles. The minimum Gasteiger partial charge on any atom is -0.448 e. The Morgan fingerprint density at radius 1 is 1.23 bits per heavy atom. The van der Waals surface area contributed by atoms with E-state index in [-0.39, 0.29) is 24.1 Å². The zero-order valence-corrected chi connectivity index (χ0v) is 17.1. The van der Waals surface area contributed by atoms with Crippen molar-refractivity contribution in [1.82, 2.24) is 14.5 Å². The normalized spacial score (nSPS) is 15.7. The van der Waals surface area contributed by atoms with Crippen LogP contribution in [0, 0.1) is 11.6 Å². The van der Waals surface area contributed by atoms with Gasteiger partial charge in [0.1, 0.15) is 11.5 Å². The molecule has 0 spiro atoms. The van der Waals surface area contributed by atoms with Crippen LogP contribution in [0.5, 0.6) is 11.5 Å². The van der Waals surface area contributed by atoms with Crippen LogP contribution in [0.4, 0.5) is 14.7 Å². The van der Waals surface area contributed by atoms with E-state index in [1.54, 1.807) is 13.1 Å². The molecule has 1 unspecified atom stereocenters. The average Bonchev–Trinajstić information content (AvgIpc) is 2.74. The number of aromatic nitrogens is 3. The first-order chi connectivity index (χ1) is 14.9. The van der Waals surface area contributed by atoms with Gasteiger partial charge < -0.3 is 15.2 Å². The minimum absolute atomic E-state index is 0.0294. The third kappa shape index (κ3) is 4.82. The van der Waals surface area contributed by atoms with Crippen molar-refractivity contribution in [1.29, 1.82) is 0 Å². The van der Waals surface area contributed by atoms with Gasteiger partial charge in [-0.3, -0.25) is 9.36 Å². The molecule has 1 aromatic carbocycles. The maximum absolute atomic E-state index is 14.0. The SMILES string of the molecule is CC(O)Cn1c(=O)c(Oc2ccc(F)cc2F)cc2cnc(NC3CCCCC3)nc21. The van der Waals surface area contributed by atoms with Gasteiger partial charge in [-0.05, 0) is 38.0 Å². The maximum atomic E-state index is 14.0. The smallest absolute Gasteiger partial charge is 0.295 e. The zero-order valence-electron chi connectivity index (χ0n) is 17.1. The number of hydrogen-bond donors (Lipinski definition) is 2. The van der Waals surface area contributed by atoms with Crippen molar-refractivity contribution in [3.8, 4) is 11.5 Å². The largest absolute Gasteiger partial charge is 0.448 e. The summed E-state index contributed by atoms with van der Waals surface area (Å²) in [6, 6.07) is 4.54. The summed E-state index contributed by atoms with van der Waals surface area (Å²) in [4.78, 5) is 21.9. The Labute approximate surface area is 177 Å². The van der Waals surface area contributed by atoms with Gasteiger partial charge in [-0.15, -0.1) is 0 Å². The van der Waals surface area contributed by atoms with E-state index in [9.17, 15) is 18.7 Å². The molecule has 164 valence electrons. The van der Waals surface area contributed by atoms with E-state index in [1.807, 2.05) is 0 Å². The molecule has 0 bridgehead atoms. The second-order valence-corrected chi connectivity index (χ2v) is 7.90. The summed E-state index contributed by atoms with van der Waals surface area (Å²) >= 11 is 0. The molecule has 0 aliphatic heterocycles. The molecule has 1 atom stereocenters. The third-order valence-electron chi connectivity index (χ3n) is 5.29. The number of hydrogen-bond acceptors (Lipinski definition) is 6. The highest BCUT2D eigenvalue weighted by molar-refractivity contribution is 5.77. The summed E-state index contributed by atoms with van der Waals surface area (Å²) in [7, 11) is 0. The summed E-state index contributed by atoms with van der Waals surface area (Å²) in [5, 5.41) is 13.7. The first-order valence-electron chi connectivity index (χ1n) is 10.4. The summed E-state index contributed by atoms with van der Waals surface area (Å²) in [5.41, 5.74) is -0.245. The fraction of sp³-hybridized carbons (Fsp3) is 0.409. The highest BCUT2D eigenvalue weighted by Crippen LogP contribution is 2.26. The molecular weight excluding hydrogens is 406 g/mol. The Balaban J connectivity index is 1.73. The molecule has 0 radical (unpaired) electrons. The lowest BCUT2D eigenvalue weighted by atomic mass is 9.96. The monoisotopic (exact) mass is 430 g/mol. The van der Waals surface area contributed by atoms with E-state index in [4.69, 9.17) is 4.74 Å². The van der Waals surface area contributed by atoms with Crippen molar-refractivity contribution in [2.75, 3.05) is 5.32 Å². The summed E-state index contributed by atoms with van der Waals surface area (Å²) in [6.45, 7) is 1.52. The van der Waals surface area contributed by atoms with Crippen LogP contribution < -0.4 is 15.6 Å². The number of nitrogens with one attached hydrogen (secondary N) is 1. The summed E-state index contributed by atoms with van der Waals surface area (Å²) in [5.74, 6) is -1.71. The van der Waals surface area contributed by atoms with E-state index in [1.165, 1.54) is 17.1 Å². The molecule has 9 heteroatoms. The number of fused-ring (bicyclic) bond motifs is 1. The Morgan fingerprint density at radius 2 is 2.00 bits per heavy atom. The van der Waals surface area contributed by atoms with Crippen LogP contribution in [0.3, 0.4) is 0 Å². The molecule has 2 N–H and O–H groups in total. The fourth-order valence-corrected chi connectivity index (χ4v) is 3.81. The van der Waals surface area contributed by atoms with Gasteiger partial charge in [0.05, 0.1) is 12.6 Å². The van der Waals surface area contributed by atoms with E-state index in [0.717, 1.165) is 37.8 Å². The lowest BCUT2D eigenvalue weighted by molar-refractivity contribution is 0.173. The van der Waals surface area contributed by atoms with E-state index >= 15 is 0 Å². The van der Waals surface area contributed by atoms with Gasteiger partial charge in [0, 0.05) is 23.7 Å². The van der Waals surface area contributed by atoms with Gasteiger partial charge in [0.2, 0.25) is 5.95 Å². The Hall–Kier alpha value is -3.07. The molecule has 0 amide bonds. The van der Waals surface area contributed by atoms with Crippen LogP contribution in [-0.2, 0) is 6.54 Å². The quantitative estimate of drug-likeness (QED) is 0.615. The van der Waals surface area contributed by atoms with Gasteiger partial charge >= 0.3 is 0 Å². The van der Waals surface area contributed by atoms with Gasteiger partial charge in [-0.1, -0.05) is 19.3 Å². The number of ether oxygens (including phenoxy) is 1. The zero-order chi connectivity index (χ0) is 22.0. The molecule has 31 heavy (non-hydrogen) atoms. The Bertz CT molecular complexity index is 1140. The summed E-state index contributed by atoms with van der Waals surface area (Å²) < 4.78 is 33.9. The Morgan fingerprint density at radius 3 is 2.71 bits per heavy atom. The summed E-state index contributed by atoms with van der Waals surface area (Å²) in [6.07, 6.45) is 6.33. The van der Waals surface area contributed by atoms with Crippen LogP contribution in [0.1, 0.15) is 39.0 Å². The fourth-order valence-electron chi connectivity index (χ4n) is 3.81. The van der Waals surface area contributed by atoms with Crippen LogP contribution >= 0.6 is 0 Å². The van der Waals surface area contributed by atoms with Gasteiger partial charge in [-0.25, -0.2) is 13.8 Å². The highest BCUT2D eigenvalue weighted by Gasteiger charge is 2.18. The maximum Gasteiger partial charge on any atom is 0.295 e. The molecular formula is C22H24F2N4O3. The van der Waals surface area contributed by atoms with Crippen molar-refractivity contribution in [2.24, 2.45) is 0 Å². The number of aliphatic hydroxyl groups excluding tert-OH is 1. The Kier molecular flexibility index (Phi) is 6.13. The number of nitrogens with zero attached hydrogens (tertiary/aromatic N) is 3. The number of rotatable bonds is 6. The number of aliphatic hydroxyl groups is 1. The highest BCUT2D eigenvalue weighted by atomic mass is 19.1. The standard InChI is InChI=1S/C22H24F2N4O3/c1-13(29)12-28-20-14(11-25-22(27-20)26-16-5-3-2-4-6-16)9-19(21(28)30)31-18-8-7-15(23)10-17(18)24/h7-11,13,16,29H,2-6,12H2,1H3,(H,25,26,27).